The molecule has 2 heteroatoms. The van der Waals surface area contributed by atoms with Crippen LogP contribution in [0.5, 0.6) is 0 Å². The fraction of sp³-hybridized carbons (Fsp3) is 0.778. The Labute approximate surface area is 180 Å². The summed E-state index contributed by atoms with van der Waals surface area (Å²) in [6, 6.07) is 10.1. The lowest BCUT2D eigenvalue weighted by Crippen LogP contribution is -2.52. The fourth-order valence-corrected chi connectivity index (χ4v) is 10.0. The third-order valence-corrected chi connectivity index (χ3v) is 11.8. The van der Waals surface area contributed by atoms with Crippen molar-refractivity contribution in [1.29, 1.82) is 0 Å². The lowest BCUT2D eigenvalue weighted by atomic mass is 9.45. The van der Waals surface area contributed by atoms with E-state index in [4.69, 9.17) is 0 Å². The van der Waals surface area contributed by atoms with E-state index in [0.717, 1.165) is 46.7 Å². The number of hydrogen-bond acceptors (Lipinski definition) is 1. The number of fused-ring (bicyclic) bond motifs is 5. The largest absolute Gasteiger partial charge is 0.254 e. The SMILES string of the molecule is C[C@]12CC[C@H]3[C@@H](CCC4CCCC[C@@]43C)[C@@H]1CC[C@@H]2CCS(=O)c1ccccc1. The number of rotatable bonds is 4. The smallest absolute Gasteiger partial charge is 0.0529 e. The molecule has 0 aliphatic heterocycles. The molecule has 0 heterocycles. The van der Waals surface area contributed by atoms with Gasteiger partial charge in [0, 0.05) is 10.6 Å². The minimum absolute atomic E-state index is 0.514. The summed E-state index contributed by atoms with van der Waals surface area (Å²) in [7, 11) is -0.830. The second-order valence-electron chi connectivity index (χ2n) is 11.4. The Kier molecular flexibility index (Phi) is 5.46. The van der Waals surface area contributed by atoms with Gasteiger partial charge in [-0.3, -0.25) is 4.21 Å². The highest BCUT2D eigenvalue weighted by molar-refractivity contribution is 7.85. The molecule has 0 spiro atoms. The van der Waals surface area contributed by atoms with Crippen molar-refractivity contribution in [3.63, 3.8) is 0 Å². The third-order valence-electron chi connectivity index (χ3n) is 10.4. The third kappa shape index (κ3) is 3.36. The second kappa shape index (κ2) is 7.81. The molecule has 8 atom stereocenters. The summed E-state index contributed by atoms with van der Waals surface area (Å²) in [6.45, 7) is 5.32. The van der Waals surface area contributed by atoms with Crippen molar-refractivity contribution in [2.45, 2.75) is 89.4 Å². The Morgan fingerprint density at radius 1 is 0.862 bits per heavy atom. The zero-order valence-corrected chi connectivity index (χ0v) is 19.4. The van der Waals surface area contributed by atoms with Crippen LogP contribution in [-0.4, -0.2) is 9.96 Å². The monoisotopic (exact) mass is 412 g/mol. The summed E-state index contributed by atoms with van der Waals surface area (Å²) in [5, 5.41) is 0. The Hall–Kier alpha value is -0.630. The van der Waals surface area contributed by atoms with Crippen LogP contribution in [-0.2, 0) is 10.8 Å². The molecule has 0 N–H and O–H groups in total. The summed E-state index contributed by atoms with van der Waals surface area (Å²) in [4.78, 5) is 1.01. The van der Waals surface area contributed by atoms with Crippen molar-refractivity contribution in [3.05, 3.63) is 30.3 Å². The molecule has 5 rings (SSSR count). The fourth-order valence-electron chi connectivity index (χ4n) is 8.82. The molecule has 1 aromatic carbocycles. The van der Waals surface area contributed by atoms with Crippen molar-refractivity contribution >= 4 is 10.8 Å². The van der Waals surface area contributed by atoms with Gasteiger partial charge in [-0.05, 0) is 110 Å². The van der Waals surface area contributed by atoms with E-state index in [9.17, 15) is 4.21 Å². The molecule has 160 valence electrons. The quantitative estimate of drug-likeness (QED) is 0.509. The van der Waals surface area contributed by atoms with Crippen LogP contribution in [0.2, 0.25) is 0 Å². The van der Waals surface area contributed by atoms with E-state index in [-0.39, 0.29) is 0 Å². The van der Waals surface area contributed by atoms with E-state index in [1.165, 1.54) is 64.2 Å². The van der Waals surface area contributed by atoms with Crippen molar-refractivity contribution in [2.24, 2.45) is 40.4 Å². The van der Waals surface area contributed by atoms with Gasteiger partial charge >= 0.3 is 0 Å². The van der Waals surface area contributed by atoms with Gasteiger partial charge in [-0.1, -0.05) is 44.9 Å². The van der Waals surface area contributed by atoms with Crippen molar-refractivity contribution in [2.75, 3.05) is 5.75 Å². The molecule has 1 nitrogen and oxygen atoms in total. The maximum atomic E-state index is 12.8. The summed E-state index contributed by atoms with van der Waals surface area (Å²) < 4.78 is 12.8. The van der Waals surface area contributed by atoms with Gasteiger partial charge in [0.15, 0.2) is 0 Å². The highest BCUT2D eigenvalue weighted by Crippen LogP contribution is 2.67. The zero-order valence-electron chi connectivity index (χ0n) is 18.6. The molecule has 0 saturated heterocycles. The van der Waals surface area contributed by atoms with Gasteiger partial charge in [0.05, 0.1) is 10.8 Å². The molecule has 0 bridgehead atoms. The van der Waals surface area contributed by atoms with Crippen LogP contribution in [0.3, 0.4) is 0 Å². The van der Waals surface area contributed by atoms with E-state index in [2.05, 4.69) is 13.8 Å². The maximum Gasteiger partial charge on any atom is 0.0529 e. The normalized spacial score (nSPS) is 45.1. The summed E-state index contributed by atoms with van der Waals surface area (Å²) in [5.41, 5.74) is 1.16. The van der Waals surface area contributed by atoms with E-state index in [0.29, 0.717) is 10.8 Å². The first-order chi connectivity index (χ1) is 14.0. The second-order valence-corrected chi connectivity index (χ2v) is 12.9. The summed E-state index contributed by atoms with van der Waals surface area (Å²) in [6.07, 6.45) is 15.9. The molecule has 4 aliphatic carbocycles. The molecule has 0 radical (unpaired) electrons. The Morgan fingerprint density at radius 3 is 2.48 bits per heavy atom. The van der Waals surface area contributed by atoms with Gasteiger partial charge in [0.2, 0.25) is 0 Å². The Balaban J connectivity index is 1.28. The minimum Gasteiger partial charge on any atom is -0.254 e. The van der Waals surface area contributed by atoms with Gasteiger partial charge in [-0.25, -0.2) is 0 Å². The molecular formula is C27H40OS. The van der Waals surface area contributed by atoms with Gasteiger partial charge in [0.1, 0.15) is 0 Å². The maximum absolute atomic E-state index is 12.8. The van der Waals surface area contributed by atoms with Gasteiger partial charge in [0.25, 0.3) is 0 Å². The predicted octanol–water partition coefficient (Wildman–Crippen LogP) is 7.23. The van der Waals surface area contributed by atoms with Crippen LogP contribution in [0.4, 0.5) is 0 Å². The predicted molar refractivity (Wildman–Crippen MR) is 122 cm³/mol. The molecule has 0 amide bonds. The van der Waals surface area contributed by atoms with Crippen LogP contribution in [0.1, 0.15) is 84.5 Å². The lowest BCUT2D eigenvalue weighted by molar-refractivity contribution is -0.110. The van der Waals surface area contributed by atoms with Crippen LogP contribution >= 0.6 is 0 Å². The molecular weight excluding hydrogens is 372 g/mol. The Morgan fingerprint density at radius 2 is 1.66 bits per heavy atom. The minimum atomic E-state index is -0.830. The molecule has 0 aromatic heterocycles. The zero-order chi connectivity index (χ0) is 20.1. The van der Waals surface area contributed by atoms with E-state index in [1.54, 1.807) is 0 Å². The first-order valence-electron chi connectivity index (χ1n) is 12.5. The van der Waals surface area contributed by atoms with Crippen LogP contribution in [0.15, 0.2) is 35.2 Å². The van der Waals surface area contributed by atoms with Crippen LogP contribution in [0.25, 0.3) is 0 Å². The van der Waals surface area contributed by atoms with Gasteiger partial charge in [-0.2, -0.15) is 0 Å². The van der Waals surface area contributed by atoms with Gasteiger partial charge in [-0.15, -0.1) is 0 Å². The molecule has 29 heavy (non-hydrogen) atoms. The number of hydrogen-bond donors (Lipinski definition) is 0. The van der Waals surface area contributed by atoms with E-state index >= 15 is 0 Å². The summed E-state index contributed by atoms with van der Waals surface area (Å²) in [5.74, 6) is 5.58. The molecule has 4 fully saturated rings. The first-order valence-corrected chi connectivity index (χ1v) is 13.8. The highest BCUT2D eigenvalue weighted by Gasteiger charge is 2.59. The molecule has 1 aromatic rings. The van der Waals surface area contributed by atoms with E-state index in [1.807, 2.05) is 30.3 Å². The van der Waals surface area contributed by atoms with Crippen molar-refractivity contribution in [3.8, 4) is 0 Å². The van der Waals surface area contributed by atoms with Crippen molar-refractivity contribution < 1.29 is 4.21 Å². The Bertz CT molecular complexity index is 744. The van der Waals surface area contributed by atoms with E-state index < -0.39 is 10.8 Å². The number of benzene rings is 1. The topological polar surface area (TPSA) is 17.1 Å². The molecule has 4 aliphatic rings. The van der Waals surface area contributed by atoms with Crippen LogP contribution in [0, 0.1) is 40.4 Å². The summed E-state index contributed by atoms with van der Waals surface area (Å²) >= 11 is 0. The highest BCUT2D eigenvalue weighted by atomic mass is 32.2. The average molecular weight is 413 g/mol. The van der Waals surface area contributed by atoms with Gasteiger partial charge < -0.3 is 0 Å². The molecule has 4 saturated carbocycles. The standard InChI is InChI=1S/C27H40OS/c1-26-17-7-6-8-20(26)11-13-23-24-14-12-21(27(24,2)18-15-25(23)26)16-19-29(28)22-9-4-3-5-10-22/h3-5,9-10,20-21,23-25H,6-8,11-19H2,1-2H3/t20?,21-,23+,24+,25+,26+,27-,29?/m1/s1. The van der Waals surface area contributed by atoms with Crippen molar-refractivity contribution in [1.82, 2.24) is 0 Å². The average Bonchev–Trinajstić information content (AvgIpc) is 3.08. The lowest BCUT2D eigenvalue weighted by Gasteiger charge is -2.60. The van der Waals surface area contributed by atoms with Crippen LogP contribution < -0.4 is 0 Å². The molecule has 2 unspecified atom stereocenters. The first kappa shape index (κ1) is 20.3.